The maximum Gasteiger partial charge on any atom is 0.257 e. The minimum Gasteiger partial charge on any atom is -0.494 e. The highest BCUT2D eigenvalue weighted by Gasteiger charge is 2.25. The number of benzene rings is 2. The van der Waals surface area contributed by atoms with Crippen molar-refractivity contribution in [2.75, 3.05) is 7.11 Å². The second-order valence-electron chi connectivity index (χ2n) is 5.55. The standard InChI is InChI=1S/C18H17Cl2NO2/c1-23-17-14(20)10-9-13(19)16(17)18(22)21-15-8-4-6-11-5-2-3-7-12(11)15/h2-3,5,7,9-10,15H,4,6,8H2,1H3,(H,21,22). The summed E-state index contributed by atoms with van der Waals surface area (Å²) < 4.78 is 5.26. The molecule has 0 fully saturated rings. The Labute approximate surface area is 145 Å². The fraction of sp³-hybridized carbons (Fsp3) is 0.278. The third kappa shape index (κ3) is 3.17. The van der Waals surface area contributed by atoms with E-state index >= 15 is 0 Å². The molecule has 0 aliphatic heterocycles. The zero-order valence-electron chi connectivity index (χ0n) is 12.7. The molecule has 0 bridgehead atoms. The summed E-state index contributed by atoms with van der Waals surface area (Å²) in [6.45, 7) is 0. The highest BCUT2D eigenvalue weighted by atomic mass is 35.5. The van der Waals surface area contributed by atoms with E-state index in [0.29, 0.717) is 15.8 Å². The molecule has 2 aromatic rings. The number of ether oxygens (including phenoxy) is 1. The Bertz CT molecular complexity index is 746. The van der Waals surface area contributed by atoms with Gasteiger partial charge in [-0.25, -0.2) is 0 Å². The molecule has 23 heavy (non-hydrogen) atoms. The molecule has 3 nitrogen and oxygen atoms in total. The van der Waals surface area contributed by atoms with Crippen molar-refractivity contribution in [2.24, 2.45) is 0 Å². The van der Waals surface area contributed by atoms with Crippen LogP contribution in [0.15, 0.2) is 36.4 Å². The van der Waals surface area contributed by atoms with Crippen LogP contribution >= 0.6 is 23.2 Å². The molecule has 1 unspecified atom stereocenters. The van der Waals surface area contributed by atoms with E-state index in [2.05, 4.69) is 17.4 Å². The highest BCUT2D eigenvalue weighted by Crippen LogP contribution is 2.35. The molecule has 1 amide bonds. The van der Waals surface area contributed by atoms with Gasteiger partial charge in [0.2, 0.25) is 0 Å². The van der Waals surface area contributed by atoms with Gasteiger partial charge in [-0.05, 0) is 42.5 Å². The molecule has 5 heteroatoms. The first-order valence-electron chi connectivity index (χ1n) is 7.52. The number of aryl methyl sites for hydroxylation is 1. The first kappa shape index (κ1) is 16.2. The van der Waals surface area contributed by atoms with Crippen LogP contribution in [0, 0.1) is 0 Å². The number of hydrogen-bond acceptors (Lipinski definition) is 2. The van der Waals surface area contributed by atoms with Crippen LogP contribution in [0.1, 0.15) is 40.4 Å². The monoisotopic (exact) mass is 349 g/mol. The summed E-state index contributed by atoms with van der Waals surface area (Å²) in [6, 6.07) is 11.4. The Morgan fingerprint density at radius 1 is 1.17 bits per heavy atom. The lowest BCUT2D eigenvalue weighted by Gasteiger charge is -2.26. The molecule has 0 saturated heterocycles. The molecule has 3 rings (SSSR count). The minimum absolute atomic E-state index is 0.0211. The number of methoxy groups -OCH3 is 1. The fourth-order valence-corrected chi connectivity index (χ4v) is 3.55. The third-order valence-corrected chi connectivity index (χ3v) is 4.78. The van der Waals surface area contributed by atoms with Gasteiger partial charge in [0.15, 0.2) is 5.75 Å². The zero-order chi connectivity index (χ0) is 16.4. The van der Waals surface area contributed by atoms with Crippen LogP contribution in [-0.4, -0.2) is 13.0 Å². The molecule has 0 heterocycles. The fourth-order valence-electron chi connectivity index (χ4n) is 3.08. The second-order valence-corrected chi connectivity index (χ2v) is 6.37. The van der Waals surface area contributed by atoms with Gasteiger partial charge in [-0.1, -0.05) is 47.5 Å². The summed E-state index contributed by atoms with van der Waals surface area (Å²) in [4.78, 5) is 12.7. The minimum atomic E-state index is -0.268. The normalized spacial score (nSPS) is 16.6. The summed E-state index contributed by atoms with van der Waals surface area (Å²) in [5.41, 5.74) is 2.74. The van der Waals surface area contributed by atoms with Gasteiger partial charge in [0.1, 0.15) is 5.56 Å². The first-order chi connectivity index (χ1) is 11.1. The van der Waals surface area contributed by atoms with Gasteiger partial charge in [-0.2, -0.15) is 0 Å². The van der Waals surface area contributed by atoms with Crippen molar-refractivity contribution in [3.8, 4) is 5.75 Å². The number of amides is 1. The molecular weight excluding hydrogens is 333 g/mol. The maximum atomic E-state index is 12.7. The van der Waals surface area contributed by atoms with E-state index in [1.807, 2.05) is 12.1 Å². The van der Waals surface area contributed by atoms with Crippen LogP contribution in [0.3, 0.4) is 0 Å². The van der Waals surface area contributed by atoms with Crippen LogP contribution in [-0.2, 0) is 6.42 Å². The van der Waals surface area contributed by atoms with Crippen molar-refractivity contribution < 1.29 is 9.53 Å². The van der Waals surface area contributed by atoms with Gasteiger partial charge >= 0.3 is 0 Å². The van der Waals surface area contributed by atoms with Crippen LogP contribution in [0.5, 0.6) is 5.75 Å². The van der Waals surface area contributed by atoms with Crippen LogP contribution in [0.25, 0.3) is 0 Å². The zero-order valence-corrected chi connectivity index (χ0v) is 14.2. The molecule has 0 spiro atoms. The number of hydrogen-bond donors (Lipinski definition) is 1. The van der Waals surface area contributed by atoms with E-state index in [-0.39, 0.29) is 17.5 Å². The van der Waals surface area contributed by atoms with Gasteiger partial charge in [0.05, 0.1) is 23.2 Å². The van der Waals surface area contributed by atoms with Crippen molar-refractivity contribution in [1.82, 2.24) is 5.32 Å². The smallest absolute Gasteiger partial charge is 0.257 e. The summed E-state index contributed by atoms with van der Waals surface area (Å²) in [7, 11) is 1.48. The quantitative estimate of drug-likeness (QED) is 0.863. The van der Waals surface area contributed by atoms with E-state index in [9.17, 15) is 4.79 Å². The van der Waals surface area contributed by atoms with E-state index < -0.39 is 0 Å². The Morgan fingerprint density at radius 3 is 2.70 bits per heavy atom. The second kappa shape index (κ2) is 6.81. The van der Waals surface area contributed by atoms with Gasteiger partial charge in [-0.15, -0.1) is 0 Å². The summed E-state index contributed by atoms with van der Waals surface area (Å²) >= 11 is 12.3. The average Bonchev–Trinajstić information content (AvgIpc) is 2.57. The van der Waals surface area contributed by atoms with Crippen molar-refractivity contribution in [2.45, 2.75) is 25.3 Å². The molecule has 1 atom stereocenters. The molecule has 0 saturated carbocycles. The van der Waals surface area contributed by atoms with E-state index in [1.165, 1.54) is 18.2 Å². The number of carbonyl (C=O) groups is 1. The molecule has 2 aromatic carbocycles. The molecule has 1 aliphatic carbocycles. The van der Waals surface area contributed by atoms with Crippen LogP contribution < -0.4 is 10.1 Å². The van der Waals surface area contributed by atoms with Crippen molar-refractivity contribution >= 4 is 29.1 Å². The Balaban J connectivity index is 1.91. The van der Waals surface area contributed by atoms with Crippen molar-refractivity contribution in [3.05, 3.63) is 63.1 Å². The van der Waals surface area contributed by atoms with Gasteiger partial charge in [0.25, 0.3) is 5.91 Å². The molecule has 1 aliphatic rings. The van der Waals surface area contributed by atoms with E-state index in [4.69, 9.17) is 27.9 Å². The lowest BCUT2D eigenvalue weighted by atomic mass is 9.87. The average molecular weight is 350 g/mol. The van der Waals surface area contributed by atoms with Gasteiger partial charge in [-0.3, -0.25) is 4.79 Å². The highest BCUT2D eigenvalue weighted by molar-refractivity contribution is 6.37. The third-order valence-electron chi connectivity index (χ3n) is 4.16. The summed E-state index contributed by atoms with van der Waals surface area (Å²) in [5.74, 6) is 0.0387. The van der Waals surface area contributed by atoms with Crippen molar-refractivity contribution in [1.29, 1.82) is 0 Å². The Kier molecular flexibility index (Phi) is 4.79. The Morgan fingerprint density at radius 2 is 1.91 bits per heavy atom. The van der Waals surface area contributed by atoms with E-state index in [1.54, 1.807) is 12.1 Å². The molecule has 120 valence electrons. The number of halogens is 2. The SMILES string of the molecule is COc1c(Cl)ccc(Cl)c1C(=O)NC1CCCc2ccccc21. The summed E-state index contributed by atoms with van der Waals surface area (Å²) in [6.07, 6.45) is 3.00. The predicted octanol–water partition coefficient (Wildman–Crippen LogP) is 4.81. The van der Waals surface area contributed by atoms with Crippen LogP contribution in [0.2, 0.25) is 10.0 Å². The van der Waals surface area contributed by atoms with E-state index in [0.717, 1.165) is 19.3 Å². The number of fused-ring (bicyclic) bond motifs is 1. The van der Waals surface area contributed by atoms with Gasteiger partial charge in [0, 0.05) is 0 Å². The molecule has 0 radical (unpaired) electrons. The number of nitrogens with one attached hydrogen (secondary N) is 1. The molecule has 0 aromatic heterocycles. The maximum absolute atomic E-state index is 12.7. The lowest BCUT2D eigenvalue weighted by Crippen LogP contribution is -2.31. The van der Waals surface area contributed by atoms with Crippen molar-refractivity contribution in [3.63, 3.8) is 0 Å². The van der Waals surface area contributed by atoms with Crippen LogP contribution in [0.4, 0.5) is 0 Å². The predicted molar refractivity (Wildman–Crippen MR) is 92.6 cm³/mol. The Hall–Kier alpha value is -1.71. The summed E-state index contributed by atoms with van der Waals surface area (Å²) in [5, 5.41) is 3.77. The number of rotatable bonds is 3. The topological polar surface area (TPSA) is 38.3 Å². The largest absolute Gasteiger partial charge is 0.494 e. The lowest BCUT2D eigenvalue weighted by molar-refractivity contribution is 0.0930. The molecular formula is C18H17Cl2NO2. The first-order valence-corrected chi connectivity index (χ1v) is 8.28. The molecule has 1 N–H and O–H groups in total. The van der Waals surface area contributed by atoms with Gasteiger partial charge < -0.3 is 10.1 Å². The number of carbonyl (C=O) groups excluding carboxylic acids is 1.